The van der Waals surface area contributed by atoms with Crippen molar-refractivity contribution in [3.05, 3.63) is 122 Å². The second-order valence-electron chi connectivity index (χ2n) is 14.5. The van der Waals surface area contributed by atoms with Gasteiger partial charge in [-0.3, -0.25) is 0 Å². The second kappa shape index (κ2) is 15.4. The summed E-state index contributed by atoms with van der Waals surface area (Å²) in [6.07, 6.45) is 2.96. The minimum absolute atomic E-state index is 0.254. The molecule has 12 nitrogen and oxygen atoms in total. The van der Waals surface area contributed by atoms with E-state index in [0.29, 0.717) is 36.6 Å². The van der Waals surface area contributed by atoms with Crippen LogP contribution in [0.4, 0.5) is 16.2 Å². The van der Waals surface area contributed by atoms with Crippen molar-refractivity contribution in [3.8, 4) is 0 Å². The summed E-state index contributed by atoms with van der Waals surface area (Å²) in [5.74, 6) is 0. The molecule has 14 heteroatoms. The van der Waals surface area contributed by atoms with Crippen molar-refractivity contribution in [2.45, 2.75) is 36.2 Å². The van der Waals surface area contributed by atoms with Gasteiger partial charge in [0, 0.05) is 86.9 Å². The number of piperazine rings is 2. The lowest BCUT2D eigenvalue weighted by atomic mass is 10.1. The molecule has 0 saturated carbocycles. The number of anilines is 2. The summed E-state index contributed by atoms with van der Waals surface area (Å²) in [6.45, 7) is 11.7. The van der Waals surface area contributed by atoms with Gasteiger partial charge in [-0.25, -0.2) is 29.6 Å². The van der Waals surface area contributed by atoms with Crippen molar-refractivity contribution in [1.82, 2.24) is 18.2 Å². The molecule has 0 radical (unpaired) electrons. The molecule has 1 N–H and O–H groups in total. The molecule has 6 aromatic rings. The molecule has 55 heavy (non-hydrogen) atoms. The lowest BCUT2D eigenvalue weighted by Crippen LogP contribution is -2.50. The summed E-state index contributed by atoms with van der Waals surface area (Å²) < 4.78 is 60.3. The van der Waals surface area contributed by atoms with E-state index < -0.39 is 25.6 Å². The maximum absolute atomic E-state index is 13.1. The number of aromatic nitrogens is 2. The highest BCUT2D eigenvalue weighted by Crippen LogP contribution is 2.32. The van der Waals surface area contributed by atoms with E-state index in [1.165, 1.54) is 7.94 Å². The van der Waals surface area contributed by atoms with E-state index >= 15 is 0 Å². The minimum atomic E-state index is -3.68. The molecule has 2 aliphatic heterocycles. The highest BCUT2D eigenvalue weighted by Gasteiger charge is 2.28. The van der Waals surface area contributed by atoms with Crippen LogP contribution >= 0.6 is 0 Å². The third kappa shape index (κ3) is 7.93. The average molecular weight is 783 g/mol. The first-order valence-corrected chi connectivity index (χ1v) is 21.2. The van der Waals surface area contributed by atoms with Crippen LogP contribution in [0.1, 0.15) is 20.8 Å². The monoisotopic (exact) mass is 782 g/mol. The van der Waals surface area contributed by atoms with E-state index in [1.807, 2.05) is 69.3 Å². The fourth-order valence-corrected chi connectivity index (χ4v) is 9.73. The Morgan fingerprint density at radius 1 is 0.564 bits per heavy atom. The highest BCUT2D eigenvalue weighted by atomic mass is 32.2. The van der Waals surface area contributed by atoms with Crippen molar-refractivity contribution >= 4 is 59.3 Å². The van der Waals surface area contributed by atoms with Crippen LogP contribution in [-0.2, 0) is 24.8 Å². The van der Waals surface area contributed by atoms with Gasteiger partial charge in [-0.2, -0.15) is 0 Å². The van der Waals surface area contributed by atoms with Crippen molar-refractivity contribution < 1.29 is 26.4 Å². The van der Waals surface area contributed by atoms with Gasteiger partial charge in [0.05, 0.1) is 20.8 Å². The van der Waals surface area contributed by atoms with Crippen LogP contribution in [0.3, 0.4) is 0 Å². The fraction of sp³-hybridized carbons (Fsp3) is 0.293. The number of nitrogens with zero attached hydrogens (tertiary/aromatic N) is 5. The first-order valence-electron chi connectivity index (χ1n) is 18.3. The standard InChI is InChI=1S/C23H27N3O4S.C18H19N3O2S/c1-23(2,3)30-22(27)25-16-14-24(15-17-25)20-10-7-11-21-19(20)12-13-26(21)31(28,29)18-8-5-4-6-9-18;22-24(23,15-5-2-1-3-6-15)21-12-9-16-17(7-4-8-18(16)21)20-13-10-19-11-14-20/h4-13H,14-17H2,1-3H3;1-9,12,19H,10-11,13-14H2. The highest BCUT2D eigenvalue weighted by molar-refractivity contribution is 7.90. The Balaban J connectivity index is 0.000000174. The van der Waals surface area contributed by atoms with Crippen LogP contribution in [-0.4, -0.2) is 93.7 Å². The Morgan fingerprint density at radius 2 is 1.00 bits per heavy atom. The first kappa shape index (κ1) is 38.0. The number of hydrogen-bond donors (Lipinski definition) is 1. The van der Waals surface area contributed by atoms with Gasteiger partial charge in [0.2, 0.25) is 0 Å². The molecule has 0 unspecified atom stereocenters. The molecule has 2 saturated heterocycles. The average Bonchev–Trinajstić information content (AvgIpc) is 3.85. The minimum Gasteiger partial charge on any atom is -0.444 e. The third-order valence-electron chi connectivity index (χ3n) is 9.68. The lowest BCUT2D eigenvalue weighted by molar-refractivity contribution is 0.0240. The number of ether oxygens (including phenoxy) is 1. The third-order valence-corrected chi connectivity index (χ3v) is 13.1. The maximum Gasteiger partial charge on any atom is 0.410 e. The van der Waals surface area contributed by atoms with E-state index in [0.717, 1.165) is 53.8 Å². The number of hydrogen-bond acceptors (Lipinski definition) is 9. The molecule has 2 aliphatic rings. The summed E-state index contributed by atoms with van der Waals surface area (Å²) in [7, 11) is -7.26. The first-order chi connectivity index (χ1) is 26.3. The molecule has 0 bridgehead atoms. The molecule has 4 aromatic carbocycles. The molecule has 2 fully saturated rings. The number of carbonyl (C=O) groups excluding carboxylic acids is 1. The van der Waals surface area contributed by atoms with Gasteiger partial charge in [0.1, 0.15) is 5.60 Å². The van der Waals surface area contributed by atoms with Crippen molar-refractivity contribution in [1.29, 1.82) is 0 Å². The Morgan fingerprint density at radius 3 is 1.44 bits per heavy atom. The van der Waals surface area contributed by atoms with Gasteiger partial charge < -0.3 is 24.8 Å². The zero-order valence-electron chi connectivity index (χ0n) is 31.2. The smallest absolute Gasteiger partial charge is 0.410 e. The van der Waals surface area contributed by atoms with Crippen LogP contribution in [0.25, 0.3) is 21.8 Å². The number of amides is 1. The summed E-state index contributed by atoms with van der Waals surface area (Å²) in [5.41, 5.74) is 2.89. The summed E-state index contributed by atoms with van der Waals surface area (Å²) >= 11 is 0. The predicted molar refractivity (Wildman–Crippen MR) is 217 cm³/mol. The van der Waals surface area contributed by atoms with Crippen LogP contribution in [0, 0.1) is 0 Å². The fourth-order valence-electron chi connectivity index (χ4n) is 7.00. The molecule has 8 rings (SSSR count). The number of carbonyl (C=O) groups is 1. The quantitative estimate of drug-likeness (QED) is 0.210. The largest absolute Gasteiger partial charge is 0.444 e. The van der Waals surface area contributed by atoms with E-state index in [1.54, 1.807) is 71.9 Å². The van der Waals surface area contributed by atoms with E-state index in [4.69, 9.17) is 4.74 Å². The Hall–Kier alpha value is -5.31. The number of fused-ring (bicyclic) bond motifs is 2. The SMILES string of the molecule is CC(C)(C)OC(=O)N1CCN(c2cccc3c2ccn3S(=O)(=O)c2ccccc2)CC1.O=S(=O)(c1ccccc1)n1ccc2c(N3CCNCC3)cccc21. The number of benzene rings is 4. The van der Waals surface area contributed by atoms with Gasteiger partial charge >= 0.3 is 6.09 Å². The van der Waals surface area contributed by atoms with Gasteiger partial charge in [-0.15, -0.1) is 0 Å². The number of rotatable bonds is 6. The van der Waals surface area contributed by atoms with Crippen LogP contribution in [0.2, 0.25) is 0 Å². The van der Waals surface area contributed by atoms with Crippen molar-refractivity contribution in [3.63, 3.8) is 0 Å². The van der Waals surface area contributed by atoms with Gasteiger partial charge in [0.15, 0.2) is 0 Å². The molecular formula is C41H46N6O6S2. The van der Waals surface area contributed by atoms with Crippen LogP contribution in [0.15, 0.2) is 131 Å². The summed E-state index contributed by atoms with van der Waals surface area (Å²) in [6, 6.07) is 32.2. The summed E-state index contributed by atoms with van der Waals surface area (Å²) in [5, 5.41) is 5.18. The van der Waals surface area contributed by atoms with Crippen molar-refractivity contribution in [2.75, 3.05) is 62.2 Å². The Kier molecular flexibility index (Phi) is 10.7. The van der Waals surface area contributed by atoms with E-state index in [2.05, 4.69) is 21.2 Å². The predicted octanol–water partition coefficient (Wildman–Crippen LogP) is 6.22. The van der Waals surface area contributed by atoms with Gasteiger partial charge in [-0.05, 0) is 81.4 Å². The molecular weight excluding hydrogens is 737 g/mol. The van der Waals surface area contributed by atoms with Gasteiger partial charge in [-0.1, -0.05) is 48.5 Å². The Bertz CT molecular complexity index is 2500. The molecule has 0 aliphatic carbocycles. The molecule has 0 spiro atoms. The second-order valence-corrected chi connectivity index (χ2v) is 18.1. The lowest BCUT2D eigenvalue weighted by Gasteiger charge is -2.37. The zero-order chi connectivity index (χ0) is 38.8. The normalized spacial score (nSPS) is 15.5. The van der Waals surface area contributed by atoms with E-state index in [-0.39, 0.29) is 11.0 Å². The molecule has 1 amide bonds. The van der Waals surface area contributed by atoms with Crippen LogP contribution in [0.5, 0.6) is 0 Å². The van der Waals surface area contributed by atoms with Gasteiger partial charge in [0.25, 0.3) is 20.0 Å². The van der Waals surface area contributed by atoms with E-state index in [9.17, 15) is 21.6 Å². The Labute approximate surface area is 322 Å². The molecule has 2 aromatic heterocycles. The topological polar surface area (TPSA) is 126 Å². The molecule has 4 heterocycles. The number of nitrogens with one attached hydrogen (secondary N) is 1. The van der Waals surface area contributed by atoms with Crippen LogP contribution < -0.4 is 15.1 Å². The maximum atomic E-state index is 13.1. The molecule has 0 atom stereocenters. The molecule has 288 valence electrons. The zero-order valence-corrected chi connectivity index (χ0v) is 32.8. The summed E-state index contributed by atoms with van der Waals surface area (Å²) in [4.78, 5) is 19.1. The van der Waals surface area contributed by atoms with Crippen molar-refractivity contribution in [2.24, 2.45) is 0 Å².